The first-order chi connectivity index (χ1) is 12.9. The fourth-order valence-corrected chi connectivity index (χ4v) is 2.81. The molecule has 0 bridgehead atoms. The van der Waals surface area contributed by atoms with Gasteiger partial charge in [-0.2, -0.15) is 0 Å². The van der Waals surface area contributed by atoms with Crippen molar-refractivity contribution in [3.8, 4) is 17.2 Å². The van der Waals surface area contributed by atoms with Gasteiger partial charge in [0.05, 0.1) is 37.1 Å². The van der Waals surface area contributed by atoms with Crippen molar-refractivity contribution in [2.75, 3.05) is 39.8 Å². The van der Waals surface area contributed by atoms with Gasteiger partial charge in [-0.05, 0) is 48.9 Å². The lowest BCUT2D eigenvalue weighted by atomic mass is 10.1. The minimum absolute atomic E-state index is 0.0791. The summed E-state index contributed by atoms with van der Waals surface area (Å²) in [5, 5.41) is 0.0791. The van der Waals surface area contributed by atoms with Crippen LogP contribution in [0.5, 0.6) is 17.2 Å². The van der Waals surface area contributed by atoms with Crippen LogP contribution in [0.2, 0.25) is 0 Å². The third kappa shape index (κ3) is 4.95. The number of nitrogens with zero attached hydrogens (tertiary/aromatic N) is 1. The summed E-state index contributed by atoms with van der Waals surface area (Å²) in [6, 6.07) is 10.7. The third-order valence-electron chi connectivity index (χ3n) is 3.93. The van der Waals surface area contributed by atoms with Crippen molar-refractivity contribution in [1.82, 2.24) is 0 Å². The number of ether oxygens (including phenoxy) is 3. The van der Waals surface area contributed by atoms with E-state index in [-0.39, 0.29) is 10.8 Å². The fourth-order valence-electron chi connectivity index (χ4n) is 2.58. The van der Waals surface area contributed by atoms with Gasteiger partial charge in [-0.1, -0.05) is 17.7 Å². The Bertz CT molecular complexity index is 846. The highest BCUT2D eigenvalue weighted by Crippen LogP contribution is 2.31. The normalized spacial score (nSPS) is 11.1. The quantitative estimate of drug-likeness (QED) is 0.486. The Morgan fingerprint density at radius 2 is 1.78 bits per heavy atom. The summed E-state index contributed by atoms with van der Waals surface area (Å²) in [6.45, 7) is 2.51. The van der Waals surface area contributed by atoms with Gasteiger partial charge in [-0.3, -0.25) is 4.79 Å². The molecule has 27 heavy (non-hydrogen) atoms. The zero-order chi connectivity index (χ0) is 20.0. The third-order valence-corrected chi connectivity index (χ3v) is 4.21. The molecule has 0 saturated carbocycles. The van der Waals surface area contributed by atoms with Crippen LogP contribution in [-0.2, 0) is 0 Å². The number of rotatable bonds is 8. The molecule has 0 aromatic heterocycles. The maximum absolute atomic E-state index is 12.8. The SMILES string of the molecule is CCOc1ccc(C=C(Cl)C(=O)c2cc(OC)ccc2OC)cc1N(C)C. The summed E-state index contributed by atoms with van der Waals surface area (Å²) < 4.78 is 16.1. The Labute approximate surface area is 165 Å². The van der Waals surface area contributed by atoms with Crippen LogP contribution in [0, 0.1) is 0 Å². The molecule has 0 unspecified atom stereocenters. The molecule has 2 rings (SSSR count). The van der Waals surface area contributed by atoms with Crippen LogP contribution >= 0.6 is 11.6 Å². The van der Waals surface area contributed by atoms with Crippen molar-refractivity contribution in [1.29, 1.82) is 0 Å². The van der Waals surface area contributed by atoms with E-state index in [0.29, 0.717) is 23.7 Å². The molecule has 0 saturated heterocycles. The molecule has 2 aromatic rings. The number of Topliss-reactive ketones (excluding diaryl/α,β-unsaturated/α-hetero) is 1. The maximum atomic E-state index is 12.8. The monoisotopic (exact) mass is 389 g/mol. The first-order valence-corrected chi connectivity index (χ1v) is 8.87. The zero-order valence-electron chi connectivity index (χ0n) is 16.2. The number of hydrogen-bond acceptors (Lipinski definition) is 5. The number of benzene rings is 2. The van der Waals surface area contributed by atoms with Gasteiger partial charge in [0.1, 0.15) is 17.2 Å². The van der Waals surface area contributed by atoms with Gasteiger partial charge in [0.2, 0.25) is 5.78 Å². The van der Waals surface area contributed by atoms with Crippen molar-refractivity contribution in [3.05, 3.63) is 52.6 Å². The Balaban J connectivity index is 2.39. The van der Waals surface area contributed by atoms with Crippen LogP contribution < -0.4 is 19.1 Å². The summed E-state index contributed by atoms with van der Waals surface area (Å²) in [5.41, 5.74) is 2.04. The van der Waals surface area contributed by atoms with Crippen molar-refractivity contribution >= 4 is 29.1 Å². The van der Waals surface area contributed by atoms with E-state index in [1.807, 2.05) is 44.1 Å². The van der Waals surface area contributed by atoms with E-state index in [9.17, 15) is 4.79 Å². The van der Waals surface area contributed by atoms with E-state index >= 15 is 0 Å². The molecule has 0 aliphatic heterocycles. The number of carbonyl (C=O) groups excluding carboxylic acids is 1. The first kappa shape index (κ1) is 20.6. The molecule has 0 aliphatic rings. The second kappa shape index (κ2) is 9.33. The van der Waals surface area contributed by atoms with E-state index < -0.39 is 0 Å². The van der Waals surface area contributed by atoms with Crippen molar-refractivity contribution in [2.24, 2.45) is 0 Å². The summed E-state index contributed by atoms with van der Waals surface area (Å²) >= 11 is 6.33. The first-order valence-electron chi connectivity index (χ1n) is 8.49. The van der Waals surface area contributed by atoms with E-state index in [1.54, 1.807) is 24.3 Å². The van der Waals surface area contributed by atoms with E-state index in [4.69, 9.17) is 25.8 Å². The highest BCUT2D eigenvalue weighted by atomic mass is 35.5. The fraction of sp³-hybridized carbons (Fsp3) is 0.286. The maximum Gasteiger partial charge on any atom is 0.208 e. The lowest BCUT2D eigenvalue weighted by molar-refractivity contribution is 0.104. The van der Waals surface area contributed by atoms with E-state index in [0.717, 1.165) is 17.0 Å². The molecule has 144 valence electrons. The number of hydrogen-bond donors (Lipinski definition) is 0. The van der Waals surface area contributed by atoms with E-state index in [1.165, 1.54) is 14.2 Å². The van der Waals surface area contributed by atoms with Crippen LogP contribution in [0.3, 0.4) is 0 Å². The Morgan fingerprint density at radius 1 is 1.07 bits per heavy atom. The van der Waals surface area contributed by atoms with Gasteiger partial charge in [-0.25, -0.2) is 0 Å². The minimum atomic E-state index is -0.340. The number of allylic oxidation sites excluding steroid dienone is 1. The second-order valence-corrected chi connectivity index (χ2v) is 6.35. The van der Waals surface area contributed by atoms with Gasteiger partial charge in [0.25, 0.3) is 0 Å². The molecule has 2 aromatic carbocycles. The van der Waals surface area contributed by atoms with Crippen LogP contribution in [0.4, 0.5) is 5.69 Å². The number of ketones is 1. The van der Waals surface area contributed by atoms with Crippen LogP contribution in [0.25, 0.3) is 6.08 Å². The average Bonchev–Trinajstić information content (AvgIpc) is 2.67. The predicted molar refractivity (Wildman–Crippen MR) is 110 cm³/mol. The molecule has 0 amide bonds. The van der Waals surface area contributed by atoms with Gasteiger partial charge in [0.15, 0.2) is 0 Å². The minimum Gasteiger partial charge on any atom is -0.497 e. The Morgan fingerprint density at radius 3 is 2.37 bits per heavy atom. The molecule has 0 spiro atoms. The molecule has 0 N–H and O–H groups in total. The standard InChI is InChI=1S/C21H24ClNO4/c1-6-27-20-9-7-14(12-18(20)23(2)3)11-17(22)21(24)16-13-15(25-4)8-10-19(16)26-5/h7-13H,6H2,1-5H3. The Hall–Kier alpha value is -2.66. The Kier molecular flexibility index (Phi) is 7.13. The second-order valence-electron chi connectivity index (χ2n) is 5.94. The molecular formula is C21H24ClNO4. The smallest absolute Gasteiger partial charge is 0.208 e. The number of methoxy groups -OCH3 is 2. The highest BCUT2D eigenvalue weighted by molar-refractivity contribution is 6.47. The lowest BCUT2D eigenvalue weighted by Crippen LogP contribution is -2.11. The zero-order valence-corrected chi connectivity index (χ0v) is 17.0. The van der Waals surface area contributed by atoms with Gasteiger partial charge in [-0.15, -0.1) is 0 Å². The van der Waals surface area contributed by atoms with Gasteiger partial charge in [0, 0.05) is 14.1 Å². The molecule has 6 heteroatoms. The molecule has 0 fully saturated rings. The van der Waals surface area contributed by atoms with Crippen molar-refractivity contribution in [2.45, 2.75) is 6.92 Å². The molecule has 0 atom stereocenters. The number of halogens is 1. The van der Waals surface area contributed by atoms with Crippen LogP contribution in [0.1, 0.15) is 22.8 Å². The molecular weight excluding hydrogens is 366 g/mol. The average molecular weight is 390 g/mol. The summed E-state index contributed by atoms with van der Waals surface area (Å²) in [4.78, 5) is 14.8. The molecule has 0 aliphatic carbocycles. The molecule has 5 nitrogen and oxygen atoms in total. The summed E-state index contributed by atoms with van der Waals surface area (Å²) in [6.07, 6.45) is 1.63. The largest absolute Gasteiger partial charge is 0.497 e. The van der Waals surface area contributed by atoms with Crippen LogP contribution in [-0.4, -0.2) is 40.7 Å². The van der Waals surface area contributed by atoms with Crippen molar-refractivity contribution < 1.29 is 19.0 Å². The molecule has 0 radical (unpaired) electrons. The van der Waals surface area contributed by atoms with E-state index in [2.05, 4.69) is 0 Å². The summed E-state index contributed by atoms with van der Waals surface area (Å²) in [5.74, 6) is 1.43. The lowest BCUT2D eigenvalue weighted by Gasteiger charge is -2.18. The van der Waals surface area contributed by atoms with Gasteiger partial charge < -0.3 is 19.1 Å². The van der Waals surface area contributed by atoms with Crippen molar-refractivity contribution in [3.63, 3.8) is 0 Å². The van der Waals surface area contributed by atoms with Gasteiger partial charge >= 0.3 is 0 Å². The highest BCUT2D eigenvalue weighted by Gasteiger charge is 2.17. The summed E-state index contributed by atoms with van der Waals surface area (Å²) in [7, 11) is 6.90. The number of anilines is 1. The predicted octanol–water partition coefficient (Wildman–Crippen LogP) is 4.63. The van der Waals surface area contributed by atoms with Crippen LogP contribution in [0.15, 0.2) is 41.4 Å². The molecule has 0 heterocycles. The topological polar surface area (TPSA) is 48.0 Å². The number of carbonyl (C=O) groups is 1.